The lowest BCUT2D eigenvalue weighted by atomic mass is 10.1. The largest absolute Gasteiger partial charge is 0.494 e. The van der Waals surface area contributed by atoms with E-state index in [4.69, 9.17) is 14.2 Å². The van der Waals surface area contributed by atoms with Crippen LogP contribution in [0, 0.1) is 0 Å². The molecule has 1 aliphatic heterocycles. The fourth-order valence-electron chi connectivity index (χ4n) is 3.10. The van der Waals surface area contributed by atoms with Gasteiger partial charge < -0.3 is 19.5 Å². The van der Waals surface area contributed by atoms with Gasteiger partial charge in [-0.1, -0.05) is 12.1 Å². The Bertz CT molecular complexity index is 972. The minimum absolute atomic E-state index is 0.124. The lowest BCUT2D eigenvalue weighted by Crippen LogP contribution is -2.28. The van der Waals surface area contributed by atoms with Gasteiger partial charge >= 0.3 is 0 Å². The molecule has 8 heteroatoms. The van der Waals surface area contributed by atoms with Crippen LogP contribution in [-0.4, -0.2) is 39.9 Å². The first kappa shape index (κ1) is 22.0. The number of rotatable bonds is 8. The van der Waals surface area contributed by atoms with Crippen LogP contribution in [0.15, 0.2) is 47.4 Å². The van der Waals surface area contributed by atoms with Crippen molar-refractivity contribution in [2.24, 2.45) is 0 Å². The summed E-state index contributed by atoms with van der Waals surface area (Å²) in [5.74, 6) is 1.11. The van der Waals surface area contributed by atoms with Crippen molar-refractivity contribution in [3.05, 3.63) is 48.0 Å². The second-order valence-corrected chi connectivity index (χ2v) is 9.13. The van der Waals surface area contributed by atoms with Crippen LogP contribution in [0.3, 0.4) is 0 Å². The molecule has 1 heterocycles. The molecule has 1 aliphatic rings. The highest BCUT2D eigenvalue weighted by molar-refractivity contribution is 7.91. The SMILES string of the molecule is CCOc1ccc([C@@H](C)NC(=O)CCS(=O)(=O)c2ccc3c(c2)OCCCO3)cc1. The molecular formula is C22H27NO6S. The van der Waals surface area contributed by atoms with E-state index in [9.17, 15) is 13.2 Å². The van der Waals surface area contributed by atoms with E-state index in [0.29, 0.717) is 31.3 Å². The summed E-state index contributed by atoms with van der Waals surface area (Å²) in [4.78, 5) is 12.4. The molecule has 3 rings (SSSR count). The van der Waals surface area contributed by atoms with Crippen molar-refractivity contribution in [3.8, 4) is 17.2 Å². The predicted octanol–water partition coefficient (Wildman–Crippen LogP) is 3.29. The molecule has 0 aromatic heterocycles. The van der Waals surface area contributed by atoms with E-state index in [1.165, 1.54) is 12.1 Å². The number of amides is 1. The third-order valence-electron chi connectivity index (χ3n) is 4.74. The maximum atomic E-state index is 12.7. The molecular weight excluding hydrogens is 406 g/mol. The van der Waals surface area contributed by atoms with Crippen molar-refractivity contribution >= 4 is 15.7 Å². The van der Waals surface area contributed by atoms with Crippen LogP contribution in [0.5, 0.6) is 17.2 Å². The highest BCUT2D eigenvalue weighted by Crippen LogP contribution is 2.32. The van der Waals surface area contributed by atoms with Crippen molar-refractivity contribution in [2.45, 2.75) is 37.6 Å². The van der Waals surface area contributed by atoms with Crippen molar-refractivity contribution in [1.82, 2.24) is 5.32 Å². The molecule has 0 aliphatic carbocycles. The van der Waals surface area contributed by atoms with Gasteiger partial charge in [0.1, 0.15) is 5.75 Å². The first-order valence-corrected chi connectivity index (χ1v) is 11.7. The van der Waals surface area contributed by atoms with E-state index < -0.39 is 9.84 Å². The average Bonchev–Trinajstić information content (AvgIpc) is 2.98. The second kappa shape index (κ2) is 9.84. The Labute approximate surface area is 177 Å². The minimum Gasteiger partial charge on any atom is -0.494 e. The number of carbonyl (C=O) groups excluding carboxylic acids is 1. The maximum absolute atomic E-state index is 12.7. The number of hydrogen-bond donors (Lipinski definition) is 1. The molecule has 1 atom stereocenters. The molecule has 1 amide bonds. The van der Waals surface area contributed by atoms with E-state index in [1.807, 2.05) is 38.1 Å². The molecule has 2 aromatic rings. The topological polar surface area (TPSA) is 90.9 Å². The predicted molar refractivity (Wildman–Crippen MR) is 113 cm³/mol. The molecule has 162 valence electrons. The van der Waals surface area contributed by atoms with Crippen molar-refractivity contribution < 1.29 is 27.4 Å². The van der Waals surface area contributed by atoms with Crippen LogP contribution in [0.1, 0.15) is 38.3 Å². The summed E-state index contributed by atoms with van der Waals surface area (Å²) in [6.07, 6.45) is 0.613. The number of sulfone groups is 1. The highest BCUT2D eigenvalue weighted by atomic mass is 32.2. The van der Waals surface area contributed by atoms with E-state index in [2.05, 4.69) is 5.32 Å². The van der Waals surface area contributed by atoms with Gasteiger partial charge in [-0.15, -0.1) is 0 Å². The molecule has 2 aromatic carbocycles. The Morgan fingerprint density at radius 1 is 1.10 bits per heavy atom. The number of fused-ring (bicyclic) bond motifs is 1. The Hall–Kier alpha value is -2.74. The molecule has 0 bridgehead atoms. The second-order valence-electron chi connectivity index (χ2n) is 7.02. The summed E-state index contributed by atoms with van der Waals surface area (Å²) in [6.45, 7) is 5.36. The maximum Gasteiger partial charge on any atom is 0.221 e. The lowest BCUT2D eigenvalue weighted by Gasteiger charge is -2.15. The summed E-state index contributed by atoms with van der Waals surface area (Å²) in [6, 6.07) is 11.8. The molecule has 0 unspecified atom stereocenters. The molecule has 1 N–H and O–H groups in total. The zero-order valence-corrected chi connectivity index (χ0v) is 18.0. The molecule has 0 saturated heterocycles. The Morgan fingerprint density at radius 2 is 1.80 bits per heavy atom. The zero-order valence-electron chi connectivity index (χ0n) is 17.2. The van der Waals surface area contributed by atoms with Crippen molar-refractivity contribution in [3.63, 3.8) is 0 Å². The molecule has 0 fully saturated rings. The Balaban J connectivity index is 1.57. The van der Waals surface area contributed by atoms with E-state index in [-0.39, 0.29) is 29.0 Å². The first-order valence-electron chi connectivity index (χ1n) is 10.0. The summed E-state index contributed by atoms with van der Waals surface area (Å²) in [5.41, 5.74) is 0.914. The van der Waals surface area contributed by atoms with Gasteiger partial charge in [-0.3, -0.25) is 4.79 Å². The monoisotopic (exact) mass is 433 g/mol. The average molecular weight is 434 g/mol. The van der Waals surface area contributed by atoms with Crippen LogP contribution in [0.25, 0.3) is 0 Å². The van der Waals surface area contributed by atoms with E-state index in [1.54, 1.807) is 6.07 Å². The highest BCUT2D eigenvalue weighted by Gasteiger charge is 2.21. The van der Waals surface area contributed by atoms with Crippen LogP contribution in [0.2, 0.25) is 0 Å². The number of carbonyl (C=O) groups is 1. The van der Waals surface area contributed by atoms with Crippen molar-refractivity contribution in [2.75, 3.05) is 25.6 Å². The van der Waals surface area contributed by atoms with Crippen LogP contribution >= 0.6 is 0 Å². The van der Waals surface area contributed by atoms with Gasteiger partial charge in [0.05, 0.1) is 36.5 Å². The first-order chi connectivity index (χ1) is 14.4. The quantitative estimate of drug-likeness (QED) is 0.687. The third-order valence-corrected chi connectivity index (χ3v) is 6.46. The van der Waals surface area contributed by atoms with Gasteiger partial charge in [-0.05, 0) is 43.7 Å². The standard InChI is InChI=1S/C22H27NO6S/c1-3-27-18-7-5-17(6-8-18)16(2)23-22(24)11-14-30(25,26)19-9-10-20-21(15-19)29-13-4-12-28-20/h5-10,15-16H,3-4,11-14H2,1-2H3,(H,23,24)/t16-/m1/s1. The number of hydrogen-bond acceptors (Lipinski definition) is 6. The third kappa shape index (κ3) is 5.66. The van der Waals surface area contributed by atoms with Crippen LogP contribution in [0.4, 0.5) is 0 Å². The van der Waals surface area contributed by atoms with Gasteiger partial charge in [0.15, 0.2) is 21.3 Å². The molecule has 7 nitrogen and oxygen atoms in total. The van der Waals surface area contributed by atoms with Gasteiger partial charge in [0.2, 0.25) is 5.91 Å². The fourth-order valence-corrected chi connectivity index (χ4v) is 4.35. The summed E-state index contributed by atoms with van der Waals surface area (Å²) < 4.78 is 41.8. The number of ether oxygens (including phenoxy) is 3. The number of benzene rings is 2. The summed E-state index contributed by atoms with van der Waals surface area (Å²) in [5, 5.41) is 2.84. The van der Waals surface area contributed by atoms with Gasteiger partial charge in [0.25, 0.3) is 0 Å². The van der Waals surface area contributed by atoms with Gasteiger partial charge in [0, 0.05) is 18.9 Å². The number of nitrogens with one attached hydrogen (secondary N) is 1. The lowest BCUT2D eigenvalue weighted by molar-refractivity contribution is -0.121. The molecule has 0 radical (unpaired) electrons. The Kier molecular flexibility index (Phi) is 7.20. The summed E-state index contributed by atoms with van der Waals surface area (Å²) in [7, 11) is -3.63. The van der Waals surface area contributed by atoms with Crippen LogP contribution < -0.4 is 19.5 Å². The molecule has 30 heavy (non-hydrogen) atoms. The zero-order chi connectivity index (χ0) is 21.6. The fraction of sp³-hybridized carbons (Fsp3) is 0.409. The van der Waals surface area contributed by atoms with Gasteiger partial charge in [-0.2, -0.15) is 0 Å². The van der Waals surface area contributed by atoms with E-state index in [0.717, 1.165) is 17.7 Å². The van der Waals surface area contributed by atoms with Crippen molar-refractivity contribution in [1.29, 1.82) is 0 Å². The van der Waals surface area contributed by atoms with Crippen LogP contribution in [-0.2, 0) is 14.6 Å². The smallest absolute Gasteiger partial charge is 0.221 e. The minimum atomic E-state index is -3.63. The normalized spacial score (nSPS) is 14.5. The van der Waals surface area contributed by atoms with Gasteiger partial charge in [-0.25, -0.2) is 8.42 Å². The Morgan fingerprint density at radius 3 is 2.50 bits per heavy atom. The summed E-state index contributed by atoms with van der Waals surface area (Å²) >= 11 is 0. The van der Waals surface area contributed by atoms with E-state index >= 15 is 0 Å². The molecule has 0 spiro atoms. The molecule has 0 saturated carbocycles.